The third-order valence-electron chi connectivity index (χ3n) is 13.6. The Balaban J connectivity index is 0.920. The minimum atomic E-state index is -3.86. The average Bonchev–Trinajstić information content (AvgIpc) is 3.81. The van der Waals surface area contributed by atoms with Gasteiger partial charge < -0.3 is 20.1 Å². The Morgan fingerprint density at radius 2 is 1.71 bits per heavy atom. The summed E-state index contributed by atoms with van der Waals surface area (Å²) in [5.41, 5.74) is 0.829. The monoisotopic (exact) mass is 681 g/mol. The molecule has 2 unspecified atom stereocenters. The highest BCUT2D eigenvalue weighted by atomic mass is 32.2. The van der Waals surface area contributed by atoms with Crippen LogP contribution in [0.15, 0.2) is 59.5 Å². The lowest BCUT2D eigenvalue weighted by Crippen LogP contribution is -2.62. The van der Waals surface area contributed by atoms with Gasteiger partial charge in [-0.2, -0.15) is 0 Å². The molecule has 4 aliphatic carbocycles. The molecule has 0 spiro atoms. The standard InChI is InChI=1S/C38H51NO8S/c1-23(29-15-16-30-34-31(22-33(42)38(29,30)3)37(2)18-17-27(40)20-26(37)21-32(34)41)8-7-19-46-36(43)25-11-13-28(14-12-25)48(44,45)39-35(47-39)24-9-5-4-6-10-24/h4-6,9-14,23,26-27,29-35,40-42H,7-8,15-22H2,1-3H3/t23-,26+,27-,29-,30+,31+,32-,33+,34+,35?,37+,38-,39?/m1/s1. The molecule has 1 saturated heterocycles. The smallest absolute Gasteiger partial charge is 0.338 e. The lowest BCUT2D eigenvalue weighted by Gasteiger charge is -2.63. The Morgan fingerprint density at radius 3 is 2.44 bits per heavy atom. The second kappa shape index (κ2) is 12.8. The summed E-state index contributed by atoms with van der Waals surface area (Å²) >= 11 is 0. The second-order valence-corrected chi connectivity index (χ2v) is 17.7. The van der Waals surface area contributed by atoms with Crippen molar-refractivity contribution < 1.29 is 38.1 Å². The average molecular weight is 682 g/mol. The Morgan fingerprint density at radius 1 is 0.979 bits per heavy atom. The Labute approximate surface area is 284 Å². The van der Waals surface area contributed by atoms with Crippen molar-refractivity contribution in [2.24, 2.45) is 46.3 Å². The fraction of sp³-hybridized carbons (Fsp3) is 0.658. The van der Waals surface area contributed by atoms with Crippen LogP contribution in [0.25, 0.3) is 0 Å². The molecule has 7 rings (SSSR count). The fourth-order valence-corrected chi connectivity index (χ4v) is 12.2. The van der Waals surface area contributed by atoms with Crippen LogP contribution in [0, 0.1) is 46.3 Å². The summed E-state index contributed by atoms with van der Waals surface area (Å²) < 4.78 is 32.5. The van der Waals surface area contributed by atoms with Crippen LogP contribution >= 0.6 is 0 Å². The van der Waals surface area contributed by atoms with Crippen LogP contribution in [-0.2, 0) is 19.6 Å². The number of aliphatic hydroxyl groups is 3. The summed E-state index contributed by atoms with van der Waals surface area (Å²) in [6.45, 7) is 7.12. The number of carbonyl (C=O) groups is 1. The van der Waals surface area contributed by atoms with Crippen LogP contribution in [0.5, 0.6) is 0 Å². The molecular weight excluding hydrogens is 630 g/mol. The zero-order chi connectivity index (χ0) is 34.0. The van der Waals surface area contributed by atoms with Crippen LogP contribution in [-0.4, -0.2) is 59.1 Å². The SMILES string of the molecule is C[C@H](CCCOC(=O)c1ccc(S(=O)(=O)N2OC2c2ccccc2)cc1)[C@H]1CC[C@H]2[C@@H]3[C@H](O)C[C@@H]4C[C@H](O)CC[C@]4(C)[C@H]3C[C@H](O)[C@]12C. The van der Waals surface area contributed by atoms with Gasteiger partial charge in [-0.25, -0.2) is 13.2 Å². The Kier molecular flexibility index (Phi) is 9.08. The van der Waals surface area contributed by atoms with E-state index in [2.05, 4.69) is 20.8 Å². The van der Waals surface area contributed by atoms with E-state index >= 15 is 0 Å². The van der Waals surface area contributed by atoms with E-state index in [0.717, 1.165) is 61.4 Å². The van der Waals surface area contributed by atoms with Crippen LogP contribution in [0.1, 0.15) is 101 Å². The molecule has 0 amide bonds. The van der Waals surface area contributed by atoms with Crippen molar-refractivity contribution in [1.82, 2.24) is 4.47 Å². The maximum atomic E-state index is 13.0. The number of ether oxygens (including phenoxy) is 1. The topological polar surface area (TPSA) is 137 Å². The van der Waals surface area contributed by atoms with Crippen molar-refractivity contribution in [2.45, 2.75) is 108 Å². The van der Waals surface area contributed by atoms with Crippen LogP contribution in [0.2, 0.25) is 0 Å². The summed E-state index contributed by atoms with van der Waals surface area (Å²) in [4.78, 5) is 18.2. The number of hydrogen-bond donors (Lipinski definition) is 3. The van der Waals surface area contributed by atoms with E-state index in [1.807, 2.05) is 18.2 Å². The molecule has 3 N–H and O–H groups in total. The van der Waals surface area contributed by atoms with Gasteiger partial charge >= 0.3 is 5.97 Å². The number of aliphatic hydroxyl groups excluding tert-OH is 3. The molecule has 262 valence electrons. The molecule has 4 saturated carbocycles. The van der Waals surface area contributed by atoms with Gasteiger partial charge in [0.15, 0.2) is 6.23 Å². The first-order valence-corrected chi connectivity index (χ1v) is 19.4. The molecule has 1 aliphatic heterocycles. The van der Waals surface area contributed by atoms with Gasteiger partial charge in [0.2, 0.25) is 0 Å². The van der Waals surface area contributed by atoms with Gasteiger partial charge in [0.1, 0.15) is 0 Å². The molecule has 5 fully saturated rings. The van der Waals surface area contributed by atoms with E-state index in [1.54, 1.807) is 12.1 Å². The maximum Gasteiger partial charge on any atom is 0.338 e. The third kappa shape index (κ3) is 5.74. The van der Waals surface area contributed by atoms with Crippen molar-refractivity contribution in [3.8, 4) is 0 Å². The highest BCUT2D eigenvalue weighted by Crippen LogP contribution is 2.68. The van der Waals surface area contributed by atoms with Crippen molar-refractivity contribution in [1.29, 1.82) is 0 Å². The molecule has 0 bridgehead atoms. The van der Waals surface area contributed by atoms with Crippen molar-refractivity contribution >= 4 is 16.0 Å². The summed E-state index contributed by atoms with van der Waals surface area (Å²) in [7, 11) is -3.86. The van der Waals surface area contributed by atoms with E-state index in [1.165, 1.54) is 24.3 Å². The lowest BCUT2D eigenvalue weighted by atomic mass is 9.43. The lowest BCUT2D eigenvalue weighted by molar-refractivity contribution is -0.207. The predicted molar refractivity (Wildman–Crippen MR) is 178 cm³/mol. The van der Waals surface area contributed by atoms with Gasteiger partial charge in [0.05, 0.1) is 35.4 Å². The van der Waals surface area contributed by atoms with Gasteiger partial charge in [-0.1, -0.05) is 51.1 Å². The number of rotatable bonds is 9. The molecule has 10 heteroatoms. The molecule has 9 nitrogen and oxygen atoms in total. The van der Waals surface area contributed by atoms with Gasteiger partial charge in [-0.3, -0.25) is 4.84 Å². The first-order chi connectivity index (χ1) is 22.9. The zero-order valence-electron chi connectivity index (χ0n) is 28.3. The minimum absolute atomic E-state index is 0.0399. The van der Waals surface area contributed by atoms with Crippen molar-refractivity contribution in [3.05, 3.63) is 65.7 Å². The number of fused-ring (bicyclic) bond motifs is 5. The minimum Gasteiger partial charge on any atom is -0.462 e. The molecule has 1 heterocycles. The number of sulfonamides is 1. The number of benzene rings is 2. The molecule has 0 radical (unpaired) electrons. The summed E-state index contributed by atoms with van der Waals surface area (Å²) in [6.07, 6.45) is 5.86. The van der Waals surface area contributed by atoms with Crippen LogP contribution in [0.3, 0.4) is 0 Å². The summed E-state index contributed by atoms with van der Waals surface area (Å²) in [5, 5.41) is 33.7. The Bertz CT molecular complexity index is 1590. The van der Waals surface area contributed by atoms with Crippen LogP contribution in [0.4, 0.5) is 0 Å². The molecule has 13 atom stereocenters. The van der Waals surface area contributed by atoms with Gasteiger partial charge in [0.25, 0.3) is 10.0 Å². The fourth-order valence-electron chi connectivity index (χ4n) is 10.9. The highest BCUT2D eigenvalue weighted by molar-refractivity contribution is 7.89. The third-order valence-corrected chi connectivity index (χ3v) is 15.2. The number of carbonyl (C=O) groups excluding carboxylic acids is 1. The predicted octanol–water partition coefficient (Wildman–Crippen LogP) is 5.86. The van der Waals surface area contributed by atoms with Gasteiger partial charge in [-0.05, 0) is 133 Å². The Hall–Kier alpha value is -2.34. The largest absolute Gasteiger partial charge is 0.462 e. The quantitative estimate of drug-likeness (QED) is 0.170. The van der Waals surface area contributed by atoms with E-state index in [0.29, 0.717) is 24.2 Å². The molecule has 2 aromatic rings. The van der Waals surface area contributed by atoms with Gasteiger partial charge in [0, 0.05) is 5.56 Å². The van der Waals surface area contributed by atoms with E-state index < -0.39 is 28.3 Å². The molecule has 5 aliphatic rings. The molecule has 48 heavy (non-hydrogen) atoms. The summed E-state index contributed by atoms with van der Waals surface area (Å²) in [5.74, 6) is 1.20. The second-order valence-electron chi connectivity index (χ2n) is 15.9. The van der Waals surface area contributed by atoms with E-state index in [9.17, 15) is 28.5 Å². The van der Waals surface area contributed by atoms with Gasteiger partial charge in [-0.15, -0.1) is 0 Å². The number of esters is 1. The first-order valence-electron chi connectivity index (χ1n) is 17.9. The number of hydroxylamine groups is 1. The molecule has 2 aromatic carbocycles. The van der Waals surface area contributed by atoms with E-state index in [-0.39, 0.29) is 57.9 Å². The first kappa shape index (κ1) is 34.1. The number of nitrogens with zero attached hydrogens (tertiary/aromatic N) is 1. The molecule has 0 aromatic heterocycles. The highest BCUT2D eigenvalue weighted by Gasteiger charge is 2.65. The van der Waals surface area contributed by atoms with Crippen molar-refractivity contribution in [2.75, 3.05) is 6.61 Å². The zero-order valence-corrected chi connectivity index (χ0v) is 29.1. The maximum absolute atomic E-state index is 13.0. The van der Waals surface area contributed by atoms with Crippen molar-refractivity contribution in [3.63, 3.8) is 0 Å². The van der Waals surface area contributed by atoms with E-state index in [4.69, 9.17) is 9.57 Å². The van der Waals surface area contributed by atoms with Crippen LogP contribution < -0.4 is 0 Å². The molecular formula is C38H51NO8S. The summed E-state index contributed by atoms with van der Waals surface area (Å²) in [6, 6.07) is 14.8. The number of hydrogen-bond acceptors (Lipinski definition) is 8. The normalized spacial score (nSPS) is 41.0.